The van der Waals surface area contributed by atoms with E-state index >= 15 is 0 Å². The van der Waals surface area contributed by atoms with E-state index in [4.69, 9.17) is 0 Å². The first-order valence-electron chi connectivity index (χ1n) is 2.07. The third kappa shape index (κ3) is 2.07. The van der Waals surface area contributed by atoms with Crippen LogP contribution in [-0.4, -0.2) is 10.5 Å². The van der Waals surface area contributed by atoms with Gasteiger partial charge in [-0.3, -0.25) is 0 Å². The number of hydrogen-bond donors (Lipinski definition) is 0. The van der Waals surface area contributed by atoms with Crippen LogP contribution in [0.25, 0.3) is 0 Å². The fraction of sp³-hybridized carbons (Fsp3) is 0. The first kappa shape index (κ1) is 8.52. The quantitative estimate of drug-likeness (QED) is 0.571. The van der Waals surface area contributed by atoms with Gasteiger partial charge in [0.25, 0.3) is 0 Å². The van der Waals surface area contributed by atoms with Crippen molar-refractivity contribution in [3.63, 3.8) is 0 Å². The molecule has 0 spiro atoms. The van der Waals surface area contributed by atoms with Gasteiger partial charge in [-0.15, -0.1) is 0 Å². The van der Waals surface area contributed by atoms with Gasteiger partial charge in [0.15, 0.2) is 0 Å². The Balaban J connectivity index is 0.000000640. The summed E-state index contributed by atoms with van der Waals surface area (Å²) in [7, 11) is 0. The molecule has 0 atom stereocenters. The number of halogens is 2. The summed E-state index contributed by atoms with van der Waals surface area (Å²) in [5, 5.41) is 0. The molecular weight excluding hydrogens is 189 g/mol. The molecule has 0 saturated heterocycles. The highest BCUT2D eigenvalue weighted by Crippen LogP contribution is 2.09. The third-order valence-electron chi connectivity index (χ3n) is 0.714. The van der Waals surface area contributed by atoms with Crippen molar-refractivity contribution in [1.29, 1.82) is 0 Å². The van der Waals surface area contributed by atoms with E-state index in [9.17, 15) is 4.39 Å². The van der Waals surface area contributed by atoms with Crippen LogP contribution in [0.5, 0.6) is 0 Å². The van der Waals surface area contributed by atoms with Crippen molar-refractivity contribution < 1.29 is 9.87 Å². The molecule has 50 valence electrons. The molecule has 9 heavy (non-hydrogen) atoms. The Kier molecular flexibility index (Phi) is 3.34. The topological polar surface area (TPSA) is 44.4 Å². The third-order valence-corrected chi connectivity index (χ3v) is 1.31. The van der Waals surface area contributed by atoms with Crippen molar-refractivity contribution in [3.05, 3.63) is 28.7 Å². The molecule has 0 unspecified atom stereocenters. The molecule has 0 aliphatic heterocycles. The van der Waals surface area contributed by atoms with E-state index in [1.165, 1.54) is 6.20 Å². The predicted molar refractivity (Wildman–Crippen MR) is 35.5 cm³/mol. The molecule has 1 rings (SSSR count). The lowest BCUT2D eigenvalue weighted by molar-refractivity contribution is 0.577. The minimum atomic E-state index is -0.465. The van der Waals surface area contributed by atoms with Crippen molar-refractivity contribution in [2.75, 3.05) is 0 Å². The maximum absolute atomic E-state index is 12.2. The van der Waals surface area contributed by atoms with Crippen LogP contribution in [0.1, 0.15) is 0 Å². The normalized spacial score (nSPS) is 8.22. The van der Waals surface area contributed by atoms with Crippen molar-refractivity contribution in [2.45, 2.75) is 0 Å². The summed E-state index contributed by atoms with van der Waals surface area (Å²) in [6.45, 7) is 0. The zero-order valence-electron chi connectivity index (χ0n) is 4.44. The fourth-order valence-electron chi connectivity index (χ4n) is 0.366. The lowest BCUT2D eigenvalue weighted by Gasteiger charge is -1.86. The van der Waals surface area contributed by atoms with Crippen molar-refractivity contribution >= 4 is 15.9 Å². The van der Waals surface area contributed by atoms with Gasteiger partial charge in [-0.05, 0) is 28.1 Å². The van der Waals surface area contributed by atoms with Crippen LogP contribution in [-0.2, 0) is 0 Å². The molecule has 0 aliphatic carbocycles. The van der Waals surface area contributed by atoms with Gasteiger partial charge in [-0.25, -0.2) is 4.98 Å². The molecule has 1 heterocycles. The van der Waals surface area contributed by atoms with Crippen LogP contribution in [0.3, 0.4) is 0 Å². The van der Waals surface area contributed by atoms with Gasteiger partial charge in [0.05, 0.1) is 4.47 Å². The second-order valence-corrected chi connectivity index (χ2v) is 2.13. The van der Waals surface area contributed by atoms with Gasteiger partial charge in [0.1, 0.15) is 0 Å². The number of rotatable bonds is 0. The minimum absolute atomic E-state index is 0. The van der Waals surface area contributed by atoms with Crippen LogP contribution >= 0.6 is 15.9 Å². The highest BCUT2D eigenvalue weighted by Gasteiger charge is 1.92. The van der Waals surface area contributed by atoms with Gasteiger partial charge >= 0.3 is 0 Å². The van der Waals surface area contributed by atoms with E-state index in [-0.39, 0.29) is 5.48 Å². The van der Waals surface area contributed by atoms with Crippen LogP contribution < -0.4 is 0 Å². The lowest BCUT2D eigenvalue weighted by Crippen LogP contribution is -1.79. The number of aromatic nitrogens is 1. The maximum atomic E-state index is 12.2. The number of nitrogens with zero attached hydrogens (tertiary/aromatic N) is 1. The summed E-state index contributed by atoms with van der Waals surface area (Å²) in [6, 6.07) is 3.26. The molecular formula is C5H5BrFNO. The van der Waals surface area contributed by atoms with Crippen LogP contribution in [0.4, 0.5) is 4.39 Å². The fourth-order valence-corrected chi connectivity index (χ4v) is 0.621. The van der Waals surface area contributed by atoms with Crippen molar-refractivity contribution in [1.82, 2.24) is 4.98 Å². The van der Waals surface area contributed by atoms with Gasteiger partial charge in [0, 0.05) is 6.20 Å². The second-order valence-electron chi connectivity index (χ2n) is 1.28. The van der Waals surface area contributed by atoms with E-state index in [0.717, 1.165) is 0 Å². The van der Waals surface area contributed by atoms with E-state index in [1.54, 1.807) is 12.1 Å². The second kappa shape index (κ2) is 3.53. The molecule has 0 radical (unpaired) electrons. The average Bonchev–Trinajstić information content (AvgIpc) is 1.77. The molecule has 1 aromatic rings. The largest absolute Gasteiger partial charge is 0.412 e. The molecule has 4 heteroatoms. The Bertz CT molecular complexity index is 173. The number of hydrogen-bond acceptors (Lipinski definition) is 1. The van der Waals surface area contributed by atoms with Gasteiger partial charge < -0.3 is 5.48 Å². The zero-order chi connectivity index (χ0) is 5.98. The molecule has 2 N–H and O–H groups in total. The smallest absolute Gasteiger partial charge is 0.227 e. The SMILES string of the molecule is Fc1ncccc1Br.O. The Morgan fingerprint density at radius 2 is 2.22 bits per heavy atom. The molecule has 0 aliphatic rings. The lowest BCUT2D eigenvalue weighted by atomic mass is 10.5. The molecule has 2 nitrogen and oxygen atoms in total. The van der Waals surface area contributed by atoms with E-state index in [0.29, 0.717) is 4.47 Å². The van der Waals surface area contributed by atoms with Gasteiger partial charge in [0.2, 0.25) is 5.95 Å². The molecule has 1 aromatic heterocycles. The summed E-state index contributed by atoms with van der Waals surface area (Å²) in [4.78, 5) is 3.37. The minimum Gasteiger partial charge on any atom is -0.412 e. The summed E-state index contributed by atoms with van der Waals surface area (Å²) in [6.07, 6.45) is 1.40. The highest BCUT2D eigenvalue weighted by atomic mass is 79.9. The van der Waals surface area contributed by atoms with E-state index in [2.05, 4.69) is 20.9 Å². The average molecular weight is 194 g/mol. The summed E-state index contributed by atoms with van der Waals surface area (Å²) < 4.78 is 12.6. The first-order valence-corrected chi connectivity index (χ1v) is 2.86. The first-order chi connectivity index (χ1) is 3.80. The maximum Gasteiger partial charge on any atom is 0.227 e. The molecule has 0 fully saturated rings. The van der Waals surface area contributed by atoms with Gasteiger partial charge in [-0.2, -0.15) is 4.39 Å². The summed E-state index contributed by atoms with van der Waals surface area (Å²) >= 11 is 2.96. The molecule has 0 bridgehead atoms. The van der Waals surface area contributed by atoms with Crippen molar-refractivity contribution in [2.24, 2.45) is 0 Å². The monoisotopic (exact) mass is 193 g/mol. The van der Waals surface area contributed by atoms with Crippen molar-refractivity contribution in [3.8, 4) is 0 Å². The molecule has 0 aromatic carbocycles. The Hall–Kier alpha value is -0.480. The number of pyridine rings is 1. The van der Waals surface area contributed by atoms with Crippen LogP contribution in [0, 0.1) is 5.95 Å². The van der Waals surface area contributed by atoms with E-state index in [1.807, 2.05) is 0 Å². The molecule has 0 amide bonds. The predicted octanol–water partition coefficient (Wildman–Crippen LogP) is 1.16. The molecule has 0 saturated carbocycles. The highest BCUT2D eigenvalue weighted by molar-refractivity contribution is 9.10. The Labute approximate surface area is 60.2 Å². The standard InChI is InChI=1S/C5H3BrFN.H2O/c6-4-2-1-3-8-5(4)7;/h1-3H;1H2. The zero-order valence-corrected chi connectivity index (χ0v) is 6.02. The van der Waals surface area contributed by atoms with Crippen LogP contribution in [0.15, 0.2) is 22.8 Å². The Morgan fingerprint density at radius 3 is 2.56 bits per heavy atom. The summed E-state index contributed by atoms with van der Waals surface area (Å²) in [5.41, 5.74) is 0. The van der Waals surface area contributed by atoms with E-state index < -0.39 is 5.95 Å². The van der Waals surface area contributed by atoms with Gasteiger partial charge in [-0.1, -0.05) is 0 Å². The summed E-state index contributed by atoms with van der Waals surface area (Å²) in [5.74, 6) is -0.465. The Morgan fingerprint density at radius 1 is 1.56 bits per heavy atom. The van der Waals surface area contributed by atoms with Crippen LogP contribution in [0.2, 0.25) is 0 Å².